The van der Waals surface area contributed by atoms with Crippen molar-refractivity contribution in [2.45, 2.75) is 58.7 Å². The van der Waals surface area contributed by atoms with E-state index in [9.17, 15) is 14.7 Å². The van der Waals surface area contributed by atoms with Gasteiger partial charge in [-0.05, 0) is 31.8 Å². The first kappa shape index (κ1) is 19.8. The minimum Gasteiger partial charge on any atom is -0.391 e. The first-order valence-electron chi connectivity index (χ1n) is 9.64. The van der Waals surface area contributed by atoms with Gasteiger partial charge in [0.25, 0.3) is 5.91 Å². The molecular weight excluding hydrogens is 346 g/mol. The van der Waals surface area contributed by atoms with Gasteiger partial charge in [-0.1, -0.05) is 20.8 Å². The van der Waals surface area contributed by atoms with Gasteiger partial charge in [-0.3, -0.25) is 9.59 Å². The Morgan fingerprint density at radius 3 is 2.52 bits per heavy atom. The molecule has 3 N–H and O–H groups in total. The summed E-state index contributed by atoms with van der Waals surface area (Å²) in [5.41, 5.74) is 6.28. The molecule has 2 amide bonds. The molecule has 0 unspecified atom stereocenters. The van der Waals surface area contributed by atoms with Crippen LogP contribution in [0.25, 0.3) is 0 Å². The third kappa shape index (κ3) is 3.87. The van der Waals surface area contributed by atoms with Crippen LogP contribution < -0.4 is 5.73 Å². The van der Waals surface area contributed by atoms with Crippen LogP contribution in [-0.2, 0) is 17.9 Å². The van der Waals surface area contributed by atoms with Crippen LogP contribution in [0.4, 0.5) is 0 Å². The summed E-state index contributed by atoms with van der Waals surface area (Å²) in [6, 6.07) is 0. The van der Waals surface area contributed by atoms with Gasteiger partial charge in [0.15, 0.2) is 5.69 Å². The maximum absolute atomic E-state index is 13.4. The smallest absolute Gasteiger partial charge is 0.269 e. The van der Waals surface area contributed by atoms with E-state index in [1.54, 1.807) is 4.90 Å². The Morgan fingerprint density at radius 2 is 1.96 bits per heavy atom. The molecule has 8 heteroatoms. The lowest BCUT2D eigenvalue weighted by Gasteiger charge is -2.33. The molecule has 0 spiro atoms. The molecule has 0 aliphatic carbocycles. The van der Waals surface area contributed by atoms with Crippen LogP contribution in [0.5, 0.6) is 0 Å². The monoisotopic (exact) mass is 377 g/mol. The van der Waals surface area contributed by atoms with Crippen molar-refractivity contribution in [2.24, 2.45) is 11.1 Å². The fourth-order valence-corrected chi connectivity index (χ4v) is 4.16. The summed E-state index contributed by atoms with van der Waals surface area (Å²) in [5, 5.41) is 9.86. The molecule has 8 nitrogen and oxygen atoms in total. The molecule has 150 valence electrons. The molecule has 0 saturated carbocycles. The number of nitrogens with zero attached hydrogens (tertiary/aromatic N) is 4. The van der Waals surface area contributed by atoms with Crippen LogP contribution in [0.15, 0.2) is 0 Å². The molecular formula is C19H31N5O3. The molecule has 3 rings (SSSR count). The number of amides is 2. The number of imidazole rings is 1. The van der Waals surface area contributed by atoms with Crippen molar-refractivity contribution in [1.29, 1.82) is 0 Å². The molecule has 3 heterocycles. The van der Waals surface area contributed by atoms with Crippen LogP contribution in [-0.4, -0.2) is 69.1 Å². The molecule has 1 aromatic rings. The van der Waals surface area contributed by atoms with Crippen LogP contribution in [0, 0.1) is 5.41 Å². The third-order valence-electron chi connectivity index (χ3n) is 5.52. The highest BCUT2D eigenvalue weighted by Crippen LogP contribution is 2.38. The summed E-state index contributed by atoms with van der Waals surface area (Å²) in [4.78, 5) is 33.9. The fraction of sp³-hybridized carbons (Fsp3) is 0.737. The number of fused-ring (bicyclic) bond motifs is 1. The topological polar surface area (TPSA) is 105 Å². The molecule has 27 heavy (non-hydrogen) atoms. The SMILES string of the molecule is CN1CCCn2c([C@@H](C(=O)N3CC[C@@H](O)C3)C(C)(C)C)nc(C(N)=O)c2C1. The van der Waals surface area contributed by atoms with Crippen molar-refractivity contribution in [3.05, 3.63) is 17.2 Å². The lowest BCUT2D eigenvalue weighted by Crippen LogP contribution is -2.40. The number of rotatable bonds is 3. The summed E-state index contributed by atoms with van der Waals surface area (Å²) in [5.74, 6) is -0.483. The quantitative estimate of drug-likeness (QED) is 0.800. The summed E-state index contributed by atoms with van der Waals surface area (Å²) in [7, 11) is 2.01. The highest BCUT2D eigenvalue weighted by atomic mass is 16.3. The Kier molecular flexibility index (Phi) is 5.31. The zero-order valence-corrected chi connectivity index (χ0v) is 16.7. The highest BCUT2D eigenvalue weighted by molar-refractivity contribution is 5.92. The second-order valence-corrected chi connectivity index (χ2v) is 8.90. The number of nitrogens with two attached hydrogens (primary N) is 1. The Labute approximate surface area is 160 Å². The van der Waals surface area contributed by atoms with E-state index in [-0.39, 0.29) is 17.0 Å². The summed E-state index contributed by atoms with van der Waals surface area (Å²) in [6.07, 6.45) is 1.04. The predicted molar refractivity (Wildman–Crippen MR) is 101 cm³/mol. The molecule has 0 aromatic carbocycles. The second-order valence-electron chi connectivity index (χ2n) is 8.90. The van der Waals surface area contributed by atoms with Crippen molar-refractivity contribution in [1.82, 2.24) is 19.4 Å². The van der Waals surface area contributed by atoms with Crippen molar-refractivity contribution in [2.75, 3.05) is 26.7 Å². The maximum Gasteiger partial charge on any atom is 0.269 e. The Bertz CT molecular complexity index is 736. The zero-order chi connectivity index (χ0) is 19.9. The maximum atomic E-state index is 13.4. The molecule has 1 aromatic heterocycles. The fourth-order valence-electron chi connectivity index (χ4n) is 4.16. The van der Waals surface area contributed by atoms with E-state index in [1.807, 2.05) is 32.4 Å². The number of aromatic nitrogens is 2. The molecule has 2 atom stereocenters. The average molecular weight is 377 g/mol. The van der Waals surface area contributed by atoms with Crippen molar-refractivity contribution < 1.29 is 14.7 Å². The predicted octanol–water partition coefficient (Wildman–Crippen LogP) is 0.540. The van der Waals surface area contributed by atoms with E-state index in [0.717, 1.165) is 18.7 Å². The van der Waals surface area contributed by atoms with Crippen molar-refractivity contribution >= 4 is 11.8 Å². The molecule has 0 radical (unpaired) electrons. The first-order chi connectivity index (χ1) is 12.6. The van der Waals surface area contributed by atoms with Gasteiger partial charge in [0.2, 0.25) is 5.91 Å². The summed E-state index contributed by atoms with van der Waals surface area (Å²) < 4.78 is 2.03. The van der Waals surface area contributed by atoms with Crippen molar-refractivity contribution in [3.8, 4) is 0 Å². The van der Waals surface area contributed by atoms with E-state index in [0.29, 0.717) is 38.4 Å². The second kappa shape index (κ2) is 7.24. The minimum atomic E-state index is -0.558. The van der Waals surface area contributed by atoms with Gasteiger partial charge in [0, 0.05) is 26.2 Å². The normalized spacial score (nSPS) is 22.4. The Balaban J connectivity index is 2.09. The van der Waals surface area contributed by atoms with Gasteiger partial charge < -0.3 is 25.2 Å². The van der Waals surface area contributed by atoms with Gasteiger partial charge in [-0.25, -0.2) is 4.98 Å². The first-order valence-corrected chi connectivity index (χ1v) is 9.64. The number of aliphatic hydroxyl groups is 1. The molecule has 1 fully saturated rings. The van der Waals surface area contributed by atoms with Crippen LogP contribution >= 0.6 is 0 Å². The average Bonchev–Trinajstić information content (AvgIpc) is 3.06. The number of carbonyl (C=O) groups excluding carboxylic acids is 2. The van der Waals surface area contributed by atoms with Crippen LogP contribution in [0.1, 0.15) is 61.5 Å². The molecule has 2 aliphatic rings. The van der Waals surface area contributed by atoms with Crippen molar-refractivity contribution in [3.63, 3.8) is 0 Å². The number of hydrogen-bond acceptors (Lipinski definition) is 5. The molecule has 1 saturated heterocycles. The van der Waals surface area contributed by atoms with E-state index < -0.39 is 17.9 Å². The third-order valence-corrected chi connectivity index (χ3v) is 5.52. The van der Waals surface area contributed by atoms with Gasteiger partial charge in [0.1, 0.15) is 11.7 Å². The standard InChI is InChI=1S/C19H31N5O3/c1-19(2,3)14(18(27)23-9-6-12(25)10-23)17-21-15(16(20)26)13-11-22(4)7-5-8-24(13)17/h12,14,25H,5-11H2,1-4H3,(H2,20,26)/t12-,14+/m1/s1. The minimum absolute atomic E-state index is 0.0412. The van der Waals surface area contributed by atoms with Gasteiger partial charge >= 0.3 is 0 Å². The number of primary amides is 1. The van der Waals surface area contributed by atoms with Gasteiger partial charge in [0.05, 0.1) is 11.8 Å². The van der Waals surface area contributed by atoms with E-state index in [4.69, 9.17) is 5.73 Å². The van der Waals surface area contributed by atoms with Gasteiger partial charge in [-0.2, -0.15) is 0 Å². The summed E-state index contributed by atoms with van der Waals surface area (Å²) in [6.45, 7) is 9.13. The van der Waals surface area contributed by atoms with E-state index in [1.165, 1.54) is 0 Å². The Morgan fingerprint density at radius 1 is 1.26 bits per heavy atom. The number of aliphatic hydroxyl groups excluding tert-OH is 1. The van der Waals surface area contributed by atoms with E-state index in [2.05, 4.69) is 9.88 Å². The number of hydrogen-bond donors (Lipinski definition) is 2. The van der Waals surface area contributed by atoms with Crippen LogP contribution in [0.2, 0.25) is 0 Å². The molecule has 0 bridgehead atoms. The summed E-state index contributed by atoms with van der Waals surface area (Å²) >= 11 is 0. The number of likely N-dealkylation sites (tertiary alicyclic amines) is 1. The largest absolute Gasteiger partial charge is 0.391 e. The van der Waals surface area contributed by atoms with Crippen LogP contribution in [0.3, 0.4) is 0 Å². The lowest BCUT2D eigenvalue weighted by atomic mass is 9.79. The molecule has 2 aliphatic heterocycles. The highest BCUT2D eigenvalue weighted by Gasteiger charge is 2.42. The zero-order valence-electron chi connectivity index (χ0n) is 16.7. The number of β-amino-alcohol motifs (C(OH)–C–C–N with tert-alkyl or cyclic N) is 1. The lowest BCUT2D eigenvalue weighted by molar-refractivity contribution is -0.135. The van der Waals surface area contributed by atoms with Gasteiger partial charge in [-0.15, -0.1) is 0 Å². The number of carbonyl (C=O) groups is 2. The van der Waals surface area contributed by atoms with E-state index >= 15 is 0 Å². The Hall–Kier alpha value is -1.93.